The third-order valence-electron chi connectivity index (χ3n) is 8.61. The van der Waals surface area contributed by atoms with E-state index < -0.39 is 0 Å². The van der Waals surface area contributed by atoms with Crippen molar-refractivity contribution in [2.45, 2.75) is 52.0 Å². The van der Waals surface area contributed by atoms with E-state index in [4.69, 9.17) is 0 Å². The van der Waals surface area contributed by atoms with Gasteiger partial charge >= 0.3 is 0 Å². The van der Waals surface area contributed by atoms with Gasteiger partial charge in [-0.3, -0.25) is 19.4 Å². The minimum Gasteiger partial charge on any atom is -0.350 e. The van der Waals surface area contributed by atoms with Gasteiger partial charge in [0.15, 0.2) is 0 Å². The molecule has 4 aromatic rings. The summed E-state index contributed by atoms with van der Waals surface area (Å²) in [6.07, 6.45) is 2.15. The molecule has 0 fully saturated rings. The number of rotatable bonds is 9. The summed E-state index contributed by atoms with van der Waals surface area (Å²) in [5.74, 6) is -0.269. The number of carbonyl (C=O) groups excluding carboxylic acids is 2. The molecule has 43 heavy (non-hydrogen) atoms. The molecule has 0 aromatic heterocycles. The summed E-state index contributed by atoms with van der Waals surface area (Å²) in [4.78, 5) is 30.5. The molecule has 6 rings (SSSR count). The van der Waals surface area contributed by atoms with Crippen LogP contribution in [0.4, 0.5) is 0 Å². The average Bonchev–Trinajstić information content (AvgIpc) is 3.04. The van der Waals surface area contributed by atoms with Crippen LogP contribution in [0.2, 0.25) is 0 Å². The summed E-state index contributed by atoms with van der Waals surface area (Å²) in [7, 11) is 0. The second kappa shape index (κ2) is 13.4. The highest BCUT2D eigenvalue weighted by molar-refractivity contribution is 5.95. The highest BCUT2D eigenvalue weighted by Gasteiger charge is 2.18. The van der Waals surface area contributed by atoms with Crippen molar-refractivity contribution in [3.63, 3.8) is 0 Å². The zero-order chi connectivity index (χ0) is 29.6. The van der Waals surface area contributed by atoms with E-state index in [9.17, 15) is 9.59 Å². The number of nitrogens with one attached hydrogen (secondary N) is 2. The monoisotopic (exact) mass is 572 g/mol. The van der Waals surface area contributed by atoms with Crippen molar-refractivity contribution in [3.8, 4) is 0 Å². The van der Waals surface area contributed by atoms with Crippen LogP contribution >= 0.6 is 0 Å². The number of hydrogen-bond acceptors (Lipinski definition) is 4. The summed E-state index contributed by atoms with van der Waals surface area (Å²) in [5.41, 5.74) is 9.35. The zero-order valence-corrected chi connectivity index (χ0v) is 24.9. The van der Waals surface area contributed by atoms with E-state index in [1.54, 1.807) is 0 Å². The van der Waals surface area contributed by atoms with Crippen LogP contribution in [0.3, 0.4) is 0 Å². The maximum absolute atomic E-state index is 12.8. The van der Waals surface area contributed by atoms with Gasteiger partial charge in [-0.1, -0.05) is 72.8 Å². The number of fused-ring (bicyclic) bond motifs is 2. The lowest BCUT2D eigenvalue weighted by Crippen LogP contribution is -2.41. The average molecular weight is 573 g/mol. The van der Waals surface area contributed by atoms with E-state index >= 15 is 0 Å². The van der Waals surface area contributed by atoms with Gasteiger partial charge < -0.3 is 10.6 Å². The largest absolute Gasteiger partial charge is 0.350 e. The molecule has 2 amide bonds. The summed E-state index contributed by atoms with van der Waals surface area (Å²) >= 11 is 0. The van der Waals surface area contributed by atoms with E-state index in [-0.39, 0.29) is 17.9 Å². The molecular formula is C37H40N4O2. The fourth-order valence-corrected chi connectivity index (χ4v) is 6.12. The van der Waals surface area contributed by atoms with Crippen LogP contribution in [0.15, 0.2) is 97.1 Å². The number of benzene rings is 4. The molecule has 2 heterocycles. The maximum atomic E-state index is 12.8. The molecule has 2 aliphatic rings. The van der Waals surface area contributed by atoms with Crippen LogP contribution in [0, 0.1) is 0 Å². The minimum absolute atomic E-state index is 0.134. The van der Waals surface area contributed by atoms with Gasteiger partial charge in [0.1, 0.15) is 0 Å². The van der Waals surface area contributed by atoms with Gasteiger partial charge in [-0.2, -0.15) is 0 Å². The lowest BCUT2D eigenvalue weighted by atomic mass is 9.99. The predicted molar refractivity (Wildman–Crippen MR) is 171 cm³/mol. The molecule has 0 spiro atoms. The molecular weight excluding hydrogens is 532 g/mol. The van der Waals surface area contributed by atoms with Crippen molar-refractivity contribution in [1.29, 1.82) is 0 Å². The van der Waals surface area contributed by atoms with Crippen molar-refractivity contribution < 1.29 is 9.59 Å². The van der Waals surface area contributed by atoms with Crippen molar-refractivity contribution in [2.24, 2.45) is 0 Å². The Morgan fingerprint density at radius 2 is 1.07 bits per heavy atom. The standard InChI is InChI=1S/C37H40N4O2/c1-27(39-37(43)33-16-12-29(13-17-33)24-41-21-19-31-7-3-5-9-35(31)26-41)22-38-36(42)32-14-10-28(11-15-32)23-40-20-18-30-6-2-4-8-34(30)25-40/h2-17,27H,18-26H2,1H3,(H,38,42)(H,39,43)/t27-/m1/s1. The Balaban J connectivity index is 0.932. The Labute approximate surface area is 254 Å². The molecule has 0 bridgehead atoms. The lowest BCUT2D eigenvalue weighted by Gasteiger charge is -2.28. The maximum Gasteiger partial charge on any atom is 0.251 e. The normalized spacial score (nSPS) is 15.7. The van der Waals surface area contributed by atoms with Crippen LogP contribution in [-0.4, -0.2) is 47.3 Å². The first-order valence-corrected chi connectivity index (χ1v) is 15.4. The molecule has 0 saturated carbocycles. The van der Waals surface area contributed by atoms with E-state index in [0.29, 0.717) is 17.7 Å². The zero-order valence-electron chi connectivity index (χ0n) is 24.9. The minimum atomic E-state index is -0.203. The fraction of sp³-hybridized carbons (Fsp3) is 0.297. The molecule has 1 atom stereocenters. The summed E-state index contributed by atoms with van der Waals surface area (Å²) in [6, 6.07) is 32.8. The first-order chi connectivity index (χ1) is 21.0. The van der Waals surface area contributed by atoms with Gasteiger partial charge in [0.05, 0.1) is 0 Å². The van der Waals surface area contributed by atoms with Gasteiger partial charge in [0, 0.05) is 63.0 Å². The first kappa shape index (κ1) is 28.8. The molecule has 4 aromatic carbocycles. The van der Waals surface area contributed by atoms with E-state index in [1.165, 1.54) is 33.4 Å². The Kier molecular flexibility index (Phi) is 8.96. The Morgan fingerprint density at radius 3 is 1.56 bits per heavy atom. The third kappa shape index (κ3) is 7.39. The summed E-state index contributed by atoms with van der Waals surface area (Å²) < 4.78 is 0. The van der Waals surface area contributed by atoms with Crippen LogP contribution in [0.5, 0.6) is 0 Å². The van der Waals surface area contributed by atoms with E-state index in [0.717, 1.165) is 52.1 Å². The van der Waals surface area contributed by atoms with Crippen molar-refractivity contribution in [2.75, 3.05) is 19.6 Å². The number of hydrogen-bond donors (Lipinski definition) is 2. The fourth-order valence-electron chi connectivity index (χ4n) is 6.12. The second-order valence-corrected chi connectivity index (χ2v) is 11.9. The second-order valence-electron chi connectivity index (χ2n) is 11.9. The van der Waals surface area contributed by atoms with Gasteiger partial charge in [-0.15, -0.1) is 0 Å². The van der Waals surface area contributed by atoms with Crippen molar-refractivity contribution in [3.05, 3.63) is 142 Å². The predicted octanol–water partition coefficient (Wildman–Crippen LogP) is 5.35. The summed E-state index contributed by atoms with van der Waals surface area (Å²) in [5, 5.41) is 5.97. The lowest BCUT2D eigenvalue weighted by molar-refractivity contribution is 0.0912. The van der Waals surface area contributed by atoms with Crippen LogP contribution in [0.1, 0.15) is 61.0 Å². The molecule has 2 aliphatic heterocycles. The number of nitrogens with zero attached hydrogens (tertiary/aromatic N) is 2. The number of carbonyl (C=O) groups is 2. The molecule has 220 valence electrons. The SMILES string of the molecule is C[C@H](CNC(=O)c1ccc(CN2CCc3ccccc3C2)cc1)NC(=O)c1ccc(CN2CCc3ccccc3C2)cc1. The summed E-state index contributed by atoms with van der Waals surface area (Å²) in [6.45, 7) is 8.00. The Bertz CT molecular complexity index is 1560. The van der Waals surface area contributed by atoms with Crippen LogP contribution < -0.4 is 10.6 Å². The topological polar surface area (TPSA) is 64.7 Å². The number of amides is 2. The molecule has 0 aliphatic carbocycles. The van der Waals surface area contributed by atoms with Crippen molar-refractivity contribution in [1.82, 2.24) is 20.4 Å². The Morgan fingerprint density at radius 1 is 0.628 bits per heavy atom. The van der Waals surface area contributed by atoms with E-state index in [2.05, 4.69) is 69.0 Å². The van der Waals surface area contributed by atoms with Gasteiger partial charge in [-0.25, -0.2) is 0 Å². The van der Waals surface area contributed by atoms with Crippen LogP contribution in [0.25, 0.3) is 0 Å². The quantitative estimate of drug-likeness (QED) is 0.284. The van der Waals surface area contributed by atoms with Crippen LogP contribution in [-0.2, 0) is 39.0 Å². The van der Waals surface area contributed by atoms with Crippen molar-refractivity contribution >= 4 is 11.8 Å². The third-order valence-corrected chi connectivity index (χ3v) is 8.61. The molecule has 2 N–H and O–H groups in total. The van der Waals surface area contributed by atoms with Gasteiger partial charge in [0.25, 0.3) is 11.8 Å². The molecule has 0 unspecified atom stereocenters. The van der Waals surface area contributed by atoms with Gasteiger partial charge in [0.2, 0.25) is 0 Å². The Hall–Kier alpha value is -4.26. The first-order valence-electron chi connectivity index (χ1n) is 15.4. The van der Waals surface area contributed by atoms with Gasteiger partial charge in [-0.05, 0) is 77.4 Å². The molecule has 6 heteroatoms. The van der Waals surface area contributed by atoms with E-state index in [1.807, 2.05) is 55.5 Å². The molecule has 6 nitrogen and oxygen atoms in total. The smallest absolute Gasteiger partial charge is 0.251 e. The molecule has 0 radical (unpaired) electrons. The highest BCUT2D eigenvalue weighted by Crippen LogP contribution is 2.22. The highest BCUT2D eigenvalue weighted by atomic mass is 16.2. The molecule has 0 saturated heterocycles.